The van der Waals surface area contributed by atoms with Crippen LogP contribution in [0.15, 0.2) is 12.4 Å². The number of halogens is 2. The Kier molecular flexibility index (Phi) is 3.03. The first-order valence-electron chi connectivity index (χ1n) is 4.39. The molecule has 0 aliphatic carbocycles. The summed E-state index contributed by atoms with van der Waals surface area (Å²) in [6, 6.07) is 1.63. The van der Waals surface area contributed by atoms with E-state index in [2.05, 4.69) is 9.97 Å². The number of methoxy groups -OCH3 is 2. The van der Waals surface area contributed by atoms with Crippen LogP contribution in [0.1, 0.15) is 0 Å². The van der Waals surface area contributed by atoms with Crippen LogP contribution in [-0.4, -0.2) is 24.2 Å². The van der Waals surface area contributed by atoms with Crippen LogP contribution in [0.25, 0.3) is 10.9 Å². The lowest BCUT2D eigenvalue weighted by molar-refractivity contribution is 0.410. The maximum absolute atomic E-state index is 6.04. The van der Waals surface area contributed by atoms with Crippen LogP contribution in [0.5, 0.6) is 11.5 Å². The third-order valence-electron chi connectivity index (χ3n) is 2.16. The van der Waals surface area contributed by atoms with Gasteiger partial charge in [0, 0.05) is 6.07 Å². The smallest absolute Gasteiger partial charge is 0.150 e. The van der Waals surface area contributed by atoms with Gasteiger partial charge in [0.2, 0.25) is 0 Å². The zero-order valence-corrected chi connectivity index (χ0v) is 10.1. The van der Waals surface area contributed by atoms with Gasteiger partial charge in [-0.25, -0.2) is 9.97 Å². The Bertz CT molecular complexity index is 546. The fraction of sp³-hybridized carbons (Fsp3) is 0.200. The number of hydrogen-bond donors (Lipinski definition) is 0. The van der Waals surface area contributed by atoms with E-state index in [1.807, 2.05) is 0 Å². The average molecular weight is 259 g/mol. The van der Waals surface area contributed by atoms with Gasteiger partial charge in [0.15, 0.2) is 0 Å². The average Bonchev–Trinajstić information content (AvgIpc) is 2.29. The topological polar surface area (TPSA) is 44.2 Å². The predicted octanol–water partition coefficient (Wildman–Crippen LogP) is 2.95. The van der Waals surface area contributed by atoms with Gasteiger partial charge >= 0.3 is 0 Å². The Hall–Kier alpha value is -1.26. The summed E-state index contributed by atoms with van der Waals surface area (Å²) in [4.78, 5) is 8.00. The molecule has 0 aliphatic heterocycles. The third kappa shape index (κ3) is 1.64. The largest absolute Gasteiger partial charge is 0.494 e. The van der Waals surface area contributed by atoms with Crippen LogP contribution in [0, 0.1) is 0 Å². The van der Waals surface area contributed by atoms with Crippen LogP contribution in [0.2, 0.25) is 10.2 Å². The van der Waals surface area contributed by atoms with E-state index >= 15 is 0 Å². The molecule has 0 atom stereocenters. The Morgan fingerprint density at radius 3 is 2.50 bits per heavy atom. The molecule has 0 aliphatic rings. The van der Waals surface area contributed by atoms with Gasteiger partial charge in [0.25, 0.3) is 0 Å². The maximum atomic E-state index is 6.04. The minimum Gasteiger partial charge on any atom is -0.494 e. The van der Waals surface area contributed by atoms with E-state index < -0.39 is 0 Å². The van der Waals surface area contributed by atoms with E-state index in [4.69, 9.17) is 32.7 Å². The molecule has 1 aromatic heterocycles. The van der Waals surface area contributed by atoms with Gasteiger partial charge in [0.1, 0.15) is 28.5 Å². The summed E-state index contributed by atoms with van der Waals surface area (Å²) in [7, 11) is 3.05. The first kappa shape index (κ1) is 11.2. The van der Waals surface area contributed by atoms with E-state index in [1.54, 1.807) is 6.07 Å². The monoisotopic (exact) mass is 258 g/mol. The van der Waals surface area contributed by atoms with Gasteiger partial charge in [-0.05, 0) is 0 Å². The minimum absolute atomic E-state index is 0.280. The number of hydrogen-bond acceptors (Lipinski definition) is 4. The highest BCUT2D eigenvalue weighted by Gasteiger charge is 2.16. The van der Waals surface area contributed by atoms with E-state index in [1.165, 1.54) is 20.5 Å². The van der Waals surface area contributed by atoms with Crippen molar-refractivity contribution < 1.29 is 9.47 Å². The van der Waals surface area contributed by atoms with Crippen molar-refractivity contribution in [1.29, 1.82) is 0 Å². The summed E-state index contributed by atoms with van der Waals surface area (Å²) in [6.45, 7) is 0. The Morgan fingerprint density at radius 2 is 1.88 bits per heavy atom. The zero-order chi connectivity index (χ0) is 11.7. The van der Waals surface area contributed by atoms with Crippen molar-refractivity contribution >= 4 is 34.1 Å². The molecule has 0 bridgehead atoms. The summed E-state index contributed by atoms with van der Waals surface area (Å²) in [5.74, 6) is 0.980. The second-order valence-electron chi connectivity index (χ2n) is 2.98. The summed E-state index contributed by atoms with van der Waals surface area (Å²) >= 11 is 12.0. The number of aromatic nitrogens is 2. The quantitative estimate of drug-likeness (QED) is 0.778. The molecule has 1 heterocycles. The van der Waals surface area contributed by atoms with Gasteiger partial charge in [-0.1, -0.05) is 23.2 Å². The van der Waals surface area contributed by atoms with Gasteiger partial charge in [0.05, 0.1) is 24.6 Å². The highest BCUT2D eigenvalue weighted by molar-refractivity contribution is 6.37. The van der Waals surface area contributed by atoms with Crippen LogP contribution in [0.4, 0.5) is 0 Å². The van der Waals surface area contributed by atoms with Crippen LogP contribution in [-0.2, 0) is 0 Å². The summed E-state index contributed by atoms with van der Waals surface area (Å²) in [5, 5.41) is 1.24. The molecule has 6 heteroatoms. The molecule has 84 valence electrons. The number of fused-ring (bicyclic) bond motifs is 1. The normalized spacial score (nSPS) is 10.5. The fourth-order valence-corrected chi connectivity index (χ4v) is 1.97. The van der Waals surface area contributed by atoms with Crippen molar-refractivity contribution in [3.63, 3.8) is 0 Å². The van der Waals surface area contributed by atoms with E-state index in [9.17, 15) is 0 Å². The van der Waals surface area contributed by atoms with Crippen molar-refractivity contribution in [2.75, 3.05) is 14.2 Å². The number of nitrogens with zero attached hydrogens (tertiary/aromatic N) is 2. The van der Waals surface area contributed by atoms with E-state index in [0.29, 0.717) is 27.4 Å². The van der Waals surface area contributed by atoms with Crippen molar-refractivity contribution in [1.82, 2.24) is 9.97 Å². The number of ether oxygens (including phenoxy) is 2. The molecule has 0 N–H and O–H groups in total. The zero-order valence-electron chi connectivity index (χ0n) is 8.62. The van der Waals surface area contributed by atoms with Gasteiger partial charge in [-0.3, -0.25) is 0 Å². The highest BCUT2D eigenvalue weighted by atomic mass is 35.5. The highest BCUT2D eigenvalue weighted by Crippen LogP contribution is 2.40. The molecular formula is C10H8Cl2N2O2. The Labute approximate surface area is 102 Å². The predicted molar refractivity (Wildman–Crippen MR) is 62.7 cm³/mol. The molecule has 2 rings (SSSR count). The van der Waals surface area contributed by atoms with Crippen molar-refractivity contribution in [2.45, 2.75) is 0 Å². The molecule has 0 saturated heterocycles. The van der Waals surface area contributed by atoms with E-state index in [-0.39, 0.29) is 5.15 Å². The van der Waals surface area contributed by atoms with Gasteiger partial charge < -0.3 is 9.47 Å². The molecular weight excluding hydrogens is 251 g/mol. The second kappa shape index (κ2) is 4.31. The first-order valence-corrected chi connectivity index (χ1v) is 5.15. The van der Waals surface area contributed by atoms with Gasteiger partial charge in [-0.2, -0.15) is 0 Å². The van der Waals surface area contributed by atoms with Crippen molar-refractivity contribution in [2.24, 2.45) is 0 Å². The molecule has 0 radical (unpaired) electrons. The molecule has 1 aromatic carbocycles. The molecule has 2 aromatic rings. The number of rotatable bonds is 2. The lowest BCUT2D eigenvalue weighted by Crippen LogP contribution is -1.94. The second-order valence-corrected chi connectivity index (χ2v) is 3.75. The first-order chi connectivity index (χ1) is 7.69. The van der Waals surface area contributed by atoms with Crippen molar-refractivity contribution in [3.05, 3.63) is 22.6 Å². The van der Waals surface area contributed by atoms with Gasteiger partial charge in [-0.15, -0.1) is 0 Å². The SMILES string of the molecule is COc1cc(Cl)c(OC)c2c(Cl)ncnc12. The lowest BCUT2D eigenvalue weighted by atomic mass is 10.2. The van der Waals surface area contributed by atoms with Crippen LogP contribution >= 0.6 is 23.2 Å². The third-order valence-corrected chi connectivity index (χ3v) is 2.73. The standard InChI is InChI=1S/C10H8Cl2N2O2/c1-15-6-3-5(11)9(16-2)7-8(6)13-4-14-10(7)12/h3-4H,1-2H3. The summed E-state index contributed by atoms with van der Waals surface area (Å²) in [5.41, 5.74) is 0.573. The Balaban J connectivity index is 2.94. The molecule has 0 fully saturated rings. The molecule has 16 heavy (non-hydrogen) atoms. The fourth-order valence-electron chi connectivity index (χ4n) is 1.48. The summed E-state index contributed by atoms with van der Waals surface area (Å²) < 4.78 is 10.4. The molecule has 0 saturated carbocycles. The molecule has 0 amide bonds. The number of benzene rings is 1. The lowest BCUT2D eigenvalue weighted by Gasteiger charge is -2.11. The molecule has 0 unspecified atom stereocenters. The Morgan fingerprint density at radius 1 is 1.12 bits per heavy atom. The maximum Gasteiger partial charge on any atom is 0.150 e. The minimum atomic E-state index is 0.280. The summed E-state index contributed by atoms with van der Waals surface area (Å²) in [6.07, 6.45) is 1.36. The van der Waals surface area contributed by atoms with Crippen LogP contribution in [0.3, 0.4) is 0 Å². The molecule has 0 spiro atoms. The van der Waals surface area contributed by atoms with E-state index in [0.717, 1.165) is 0 Å². The molecule has 4 nitrogen and oxygen atoms in total. The van der Waals surface area contributed by atoms with Crippen molar-refractivity contribution in [3.8, 4) is 11.5 Å². The van der Waals surface area contributed by atoms with Crippen LogP contribution < -0.4 is 9.47 Å².